The first-order chi connectivity index (χ1) is 10.2. The van der Waals surface area contributed by atoms with Crippen LogP contribution in [0, 0.1) is 5.92 Å². The van der Waals surface area contributed by atoms with E-state index in [0.29, 0.717) is 6.42 Å². The zero-order valence-corrected chi connectivity index (χ0v) is 13.3. The fourth-order valence-corrected chi connectivity index (χ4v) is 2.98. The number of halogens is 1. The normalized spacial score (nSPS) is 18.5. The van der Waals surface area contributed by atoms with Gasteiger partial charge in [0.1, 0.15) is 0 Å². The topological polar surface area (TPSA) is 70.2 Å². The van der Waals surface area contributed by atoms with Gasteiger partial charge in [-0.2, -0.15) is 0 Å². The molecule has 0 aliphatic carbocycles. The van der Waals surface area contributed by atoms with Crippen molar-refractivity contribution in [2.45, 2.75) is 32.1 Å². The van der Waals surface area contributed by atoms with Gasteiger partial charge >= 0.3 is 0 Å². The Morgan fingerprint density at radius 3 is 2.73 bits per heavy atom. The van der Waals surface area contributed by atoms with Crippen LogP contribution >= 0.6 is 12.4 Å². The van der Waals surface area contributed by atoms with Gasteiger partial charge in [0.05, 0.1) is 0 Å². The Kier molecular flexibility index (Phi) is 5.80. The van der Waals surface area contributed by atoms with E-state index >= 15 is 0 Å². The Balaban J connectivity index is 0.00000176. The fraction of sp³-hybridized carbons (Fsp3) is 0.500. The van der Waals surface area contributed by atoms with Crippen LogP contribution in [0.15, 0.2) is 18.2 Å². The van der Waals surface area contributed by atoms with Crippen LogP contribution in [-0.2, 0) is 16.0 Å². The molecule has 0 saturated carbocycles. The van der Waals surface area contributed by atoms with E-state index < -0.39 is 0 Å². The first-order valence-electron chi connectivity index (χ1n) is 7.67. The van der Waals surface area contributed by atoms with Gasteiger partial charge in [0.25, 0.3) is 0 Å². The van der Waals surface area contributed by atoms with Gasteiger partial charge in [0.15, 0.2) is 0 Å². The summed E-state index contributed by atoms with van der Waals surface area (Å²) in [6.45, 7) is 1.82. The van der Waals surface area contributed by atoms with Crippen molar-refractivity contribution in [1.82, 2.24) is 5.32 Å². The number of anilines is 2. The predicted octanol–water partition coefficient (Wildman–Crippen LogP) is 2.32. The van der Waals surface area contributed by atoms with Gasteiger partial charge < -0.3 is 16.0 Å². The van der Waals surface area contributed by atoms with E-state index in [1.54, 1.807) is 0 Å². The molecular formula is C16H22ClN3O2. The van der Waals surface area contributed by atoms with Crippen LogP contribution < -0.4 is 16.0 Å². The third-order valence-corrected chi connectivity index (χ3v) is 4.21. The Morgan fingerprint density at radius 1 is 1.18 bits per heavy atom. The molecule has 5 nitrogen and oxygen atoms in total. The summed E-state index contributed by atoms with van der Waals surface area (Å²) in [6.07, 6.45) is 4.07. The van der Waals surface area contributed by atoms with Gasteiger partial charge in [-0.3, -0.25) is 9.59 Å². The molecule has 6 heteroatoms. The van der Waals surface area contributed by atoms with Crippen molar-refractivity contribution in [2.75, 3.05) is 23.7 Å². The van der Waals surface area contributed by atoms with Crippen molar-refractivity contribution in [3.05, 3.63) is 23.8 Å². The van der Waals surface area contributed by atoms with Crippen molar-refractivity contribution in [1.29, 1.82) is 0 Å². The van der Waals surface area contributed by atoms with Crippen molar-refractivity contribution in [3.8, 4) is 0 Å². The van der Waals surface area contributed by atoms with Crippen LogP contribution in [0.4, 0.5) is 11.4 Å². The minimum absolute atomic E-state index is 0. The summed E-state index contributed by atoms with van der Waals surface area (Å²) in [5.74, 6) is 0.277. The smallest absolute Gasteiger partial charge is 0.227 e. The highest BCUT2D eigenvalue weighted by molar-refractivity contribution is 5.95. The maximum Gasteiger partial charge on any atom is 0.227 e. The van der Waals surface area contributed by atoms with E-state index in [2.05, 4.69) is 16.0 Å². The van der Waals surface area contributed by atoms with Gasteiger partial charge in [-0.25, -0.2) is 0 Å². The van der Waals surface area contributed by atoms with Crippen molar-refractivity contribution in [2.24, 2.45) is 5.92 Å². The van der Waals surface area contributed by atoms with E-state index in [4.69, 9.17) is 0 Å². The summed E-state index contributed by atoms with van der Waals surface area (Å²) >= 11 is 0. The molecule has 0 atom stereocenters. The number of piperidine rings is 1. The Bertz CT molecular complexity index is 556. The summed E-state index contributed by atoms with van der Waals surface area (Å²) < 4.78 is 0. The van der Waals surface area contributed by atoms with E-state index in [1.807, 2.05) is 18.2 Å². The van der Waals surface area contributed by atoms with E-state index in [-0.39, 0.29) is 30.1 Å². The molecule has 0 spiro atoms. The SMILES string of the molecule is Cl.O=C1CCCc2cc(NC(=O)C3CCNCC3)ccc2N1. The number of hydrogen-bond acceptors (Lipinski definition) is 3. The molecule has 120 valence electrons. The molecule has 2 aliphatic heterocycles. The molecule has 1 fully saturated rings. The molecule has 0 aromatic heterocycles. The average Bonchev–Trinajstić information content (AvgIpc) is 2.68. The number of aryl methyl sites for hydroxylation is 1. The molecule has 0 radical (unpaired) electrons. The lowest BCUT2D eigenvalue weighted by Crippen LogP contribution is -2.34. The second-order valence-corrected chi connectivity index (χ2v) is 5.79. The van der Waals surface area contributed by atoms with E-state index in [0.717, 1.165) is 55.7 Å². The lowest BCUT2D eigenvalue weighted by Gasteiger charge is -2.22. The largest absolute Gasteiger partial charge is 0.326 e. The summed E-state index contributed by atoms with van der Waals surface area (Å²) in [7, 11) is 0. The molecule has 2 heterocycles. The van der Waals surface area contributed by atoms with Crippen LogP contribution in [0.5, 0.6) is 0 Å². The first kappa shape index (κ1) is 16.8. The molecule has 1 aromatic rings. The number of carbonyl (C=O) groups is 2. The number of hydrogen-bond donors (Lipinski definition) is 3. The first-order valence-corrected chi connectivity index (χ1v) is 7.67. The van der Waals surface area contributed by atoms with Crippen LogP contribution in [0.3, 0.4) is 0 Å². The fourth-order valence-electron chi connectivity index (χ4n) is 2.98. The summed E-state index contributed by atoms with van der Waals surface area (Å²) in [5, 5.41) is 9.19. The molecule has 0 unspecified atom stereocenters. The van der Waals surface area contributed by atoms with Crippen molar-refractivity contribution in [3.63, 3.8) is 0 Å². The average molecular weight is 324 g/mol. The van der Waals surface area contributed by atoms with Gasteiger partial charge in [-0.05, 0) is 62.5 Å². The van der Waals surface area contributed by atoms with Crippen LogP contribution in [-0.4, -0.2) is 24.9 Å². The zero-order valence-electron chi connectivity index (χ0n) is 12.5. The molecule has 0 bridgehead atoms. The predicted molar refractivity (Wildman–Crippen MR) is 89.5 cm³/mol. The summed E-state index contributed by atoms with van der Waals surface area (Å²) in [6, 6.07) is 5.74. The second kappa shape index (κ2) is 7.61. The molecule has 2 amide bonds. The van der Waals surface area contributed by atoms with Crippen LogP contribution in [0.25, 0.3) is 0 Å². The lowest BCUT2D eigenvalue weighted by atomic mass is 9.97. The highest BCUT2D eigenvalue weighted by Gasteiger charge is 2.21. The molecule has 3 rings (SSSR count). The molecule has 2 aliphatic rings. The lowest BCUT2D eigenvalue weighted by molar-refractivity contribution is -0.120. The monoisotopic (exact) mass is 323 g/mol. The van der Waals surface area contributed by atoms with E-state index in [9.17, 15) is 9.59 Å². The summed E-state index contributed by atoms with van der Waals surface area (Å²) in [4.78, 5) is 23.8. The highest BCUT2D eigenvalue weighted by Crippen LogP contribution is 2.26. The van der Waals surface area contributed by atoms with Gasteiger partial charge in [0.2, 0.25) is 11.8 Å². The third-order valence-electron chi connectivity index (χ3n) is 4.21. The molecule has 1 aromatic carbocycles. The summed E-state index contributed by atoms with van der Waals surface area (Å²) in [5.41, 5.74) is 2.80. The zero-order chi connectivity index (χ0) is 14.7. The number of amides is 2. The van der Waals surface area contributed by atoms with Crippen molar-refractivity contribution < 1.29 is 9.59 Å². The Labute approximate surface area is 136 Å². The molecular weight excluding hydrogens is 302 g/mol. The van der Waals surface area contributed by atoms with Crippen LogP contribution in [0.2, 0.25) is 0 Å². The van der Waals surface area contributed by atoms with Crippen LogP contribution in [0.1, 0.15) is 31.2 Å². The highest BCUT2D eigenvalue weighted by atomic mass is 35.5. The quantitative estimate of drug-likeness (QED) is 0.782. The number of benzene rings is 1. The molecule has 3 N–H and O–H groups in total. The minimum Gasteiger partial charge on any atom is -0.326 e. The number of fused-ring (bicyclic) bond motifs is 1. The van der Waals surface area contributed by atoms with Gasteiger partial charge in [-0.1, -0.05) is 0 Å². The maximum absolute atomic E-state index is 12.2. The number of carbonyl (C=O) groups excluding carboxylic acids is 2. The molecule has 22 heavy (non-hydrogen) atoms. The maximum atomic E-state index is 12.2. The second-order valence-electron chi connectivity index (χ2n) is 5.79. The third kappa shape index (κ3) is 3.99. The Hall–Kier alpha value is -1.59. The molecule has 1 saturated heterocycles. The number of rotatable bonds is 2. The standard InChI is InChI=1S/C16H21N3O2.ClH/c20-15-3-1-2-12-10-13(4-5-14(12)19-15)18-16(21)11-6-8-17-9-7-11;/h4-5,10-11,17H,1-3,6-9H2,(H,18,21)(H,19,20);1H. The van der Waals surface area contributed by atoms with E-state index in [1.165, 1.54) is 0 Å². The van der Waals surface area contributed by atoms with Crippen molar-refractivity contribution >= 4 is 35.6 Å². The van der Waals surface area contributed by atoms with Gasteiger partial charge in [-0.15, -0.1) is 12.4 Å². The number of nitrogens with one attached hydrogen (secondary N) is 3. The minimum atomic E-state index is 0. The Morgan fingerprint density at radius 2 is 1.95 bits per heavy atom. The van der Waals surface area contributed by atoms with Gasteiger partial charge in [0, 0.05) is 23.7 Å².